The number of nitrogens with one attached hydrogen (secondary N) is 1. The molecule has 0 saturated carbocycles. The number of benzene rings is 1. The summed E-state index contributed by atoms with van der Waals surface area (Å²) in [6.45, 7) is 8.75. The van der Waals surface area contributed by atoms with E-state index < -0.39 is 0 Å². The summed E-state index contributed by atoms with van der Waals surface area (Å²) in [5, 5.41) is 4.36. The number of hydrogen-bond donors (Lipinski definition) is 1. The Balaban J connectivity index is 2.55. The van der Waals surface area contributed by atoms with Crippen molar-refractivity contribution >= 4 is 11.6 Å². The third kappa shape index (κ3) is 5.19. The van der Waals surface area contributed by atoms with Crippen molar-refractivity contribution < 1.29 is 0 Å². The normalized spacial score (nSPS) is 13.9. The van der Waals surface area contributed by atoms with E-state index in [2.05, 4.69) is 39.1 Å². The van der Waals surface area contributed by atoms with Crippen molar-refractivity contribution in [1.82, 2.24) is 5.32 Å². The zero-order valence-electron chi connectivity index (χ0n) is 9.97. The van der Waals surface area contributed by atoms with Crippen LogP contribution in [0, 0.1) is 0 Å². The fourth-order valence-corrected chi connectivity index (χ4v) is 2.02. The molecule has 0 aromatic heterocycles. The van der Waals surface area contributed by atoms with Crippen molar-refractivity contribution in [1.29, 1.82) is 0 Å². The molecule has 0 fully saturated rings. The van der Waals surface area contributed by atoms with Gasteiger partial charge in [-0.25, -0.2) is 0 Å². The van der Waals surface area contributed by atoms with Crippen molar-refractivity contribution in [2.75, 3.05) is 0 Å². The van der Waals surface area contributed by atoms with Gasteiger partial charge in [-0.3, -0.25) is 0 Å². The molecule has 0 bridgehead atoms. The summed E-state index contributed by atoms with van der Waals surface area (Å²) in [5.41, 5.74) is 1.45. The van der Waals surface area contributed by atoms with Gasteiger partial charge < -0.3 is 5.32 Å². The van der Waals surface area contributed by atoms with Crippen molar-refractivity contribution in [3.63, 3.8) is 0 Å². The Kier molecular flexibility index (Phi) is 4.18. The lowest BCUT2D eigenvalue weighted by Gasteiger charge is -2.26. The van der Waals surface area contributed by atoms with Gasteiger partial charge in [0.25, 0.3) is 0 Å². The maximum absolute atomic E-state index is 5.94. The van der Waals surface area contributed by atoms with Gasteiger partial charge in [0.15, 0.2) is 0 Å². The Morgan fingerprint density at radius 1 is 1.33 bits per heavy atom. The van der Waals surface area contributed by atoms with Gasteiger partial charge in [0.05, 0.1) is 0 Å². The van der Waals surface area contributed by atoms with Crippen LogP contribution in [0.4, 0.5) is 0 Å². The molecule has 1 N–H and O–H groups in total. The van der Waals surface area contributed by atoms with Crippen LogP contribution in [-0.2, 0) is 6.42 Å². The second-order valence-electron chi connectivity index (χ2n) is 5.13. The van der Waals surface area contributed by atoms with Crippen molar-refractivity contribution in [3.05, 3.63) is 34.9 Å². The predicted molar refractivity (Wildman–Crippen MR) is 67.5 cm³/mol. The zero-order valence-corrected chi connectivity index (χ0v) is 10.7. The molecule has 1 nitrogen and oxygen atoms in total. The third-order valence-electron chi connectivity index (χ3n) is 2.11. The summed E-state index contributed by atoms with van der Waals surface area (Å²) < 4.78 is 0. The average Bonchev–Trinajstić information content (AvgIpc) is 1.99. The molecule has 2 heteroatoms. The first-order valence-corrected chi connectivity index (χ1v) is 5.77. The Morgan fingerprint density at radius 3 is 2.53 bits per heavy atom. The van der Waals surface area contributed by atoms with Crippen molar-refractivity contribution in [2.24, 2.45) is 0 Å². The molecule has 0 aliphatic carbocycles. The molecule has 84 valence electrons. The molecule has 0 spiro atoms. The van der Waals surface area contributed by atoms with Crippen LogP contribution < -0.4 is 5.32 Å². The molecule has 0 amide bonds. The Labute approximate surface area is 97.8 Å². The fourth-order valence-electron chi connectivity index (χ4n) is 1.81. The second kappa shape index (κ2) is 5.00. The smallest absolute Gasteiger partial charge is 0.0408 e. The molecule has 0 aliphatic rings. The van der Waals surface area contributed by atoms with Gasteiger partial charge in [-0.05, 0) is 51.8 Å². The van der Waals surface area contributed by atoms with Crippen molar-refractivity contribution in [2.45, 2.75) is 45.7 Å². The highest BCUT2D eigenvalue weighted by molar-refractivity contribution is 6.30. The van der Waals surface area contributed by atoms with Crippen LogP contribution in [0.2, 0.25) is 5.02 Å². The van der Waals surface area contributed by atoms with Gasteiger partial charge in [0, 0.05) is 16.6 Å². The van der Waals surface area contributed by atoms with Crippen LogP contribution in [0.1, 0.15) is 33.3 Å². The van der Waals surface area contributed by atoms with E-state index >= 15 is 0 Å². The van der Waals surface area contributed by atoms with Crippen LogP contribution in [0.3, 0.4) is 0 Å². The third-order valence-corrected chi connectivity index (χ3v) is 2.35. The van der Waals surface area contributed by atoms with Gasteiger partial charge >= 0.3 is 0 Å². The SMILES string of the molecule is C[C@H](Cc1cccc(Cl)c1)NC(C)(C)C. The first-order valence-electron chi connectivity index (χ1n) is 5.39. The molecule has 0 heterocycles. The topological polar surface area (TPSA) is 12.0 Å². The van der Waals surface area contributed by atoms with Gasteiger partial charge in [-0.15, -0.1) is 0 Å². The highest BCUT2D eigenvalue weighted by atomic mass is 35.5. The summed E-state index contributed by atoms with van der Waals surface area (Å²) in [4.78, 5) is 0. The first kappa shape index (κ1) is 12.5. The molecule has 15 heavy (non-hydrogen) atoms. The Morgan fingerprint density at radius 2 is 2.00 bits per heavy atom. The van der Waals surface area contributed by atoms with Gasteiger partial charge in [0.1, 0.15) is 0 Å². The summed E-state index contributed by atoms with van der Waals surface area (Å²) in [6.07, 6.45) is 1.01. The minimum atomic E-state index is 0.165. The maximum Gasteiger partial charge on any atom is 0.0408 e. The predicted octanol–water partition coefficient (Wildman–Crippen LogP) is 3.66. The van der Waals surface area contributed by atoms with Gasteiger partial charge in [-0.1, -0.05) is 23.7 Å². The summed E-state index contributed by atoms with van der Waals surface area (Å²) in [6, 6.07) is 8.52. The molecule has 1 aromatic carbocycles. The second-order valence-corrected chi connectivity index (χ2v) is 5.57. The van der Waals surface area contributed by atoms with Crippen LogP contribution in [-0.4, -0.2) is 11.6 Å². The fraction of sp³-hybridized carbons (Fsp3) is 0.538. The molecular weight excluding hydrogens is 206 g/mol. The molecule has 0 aliphatic heterocycles. The molecule has 0 saturated heterocycles. The van der Waals surface area contributed by atoms with E-state index in [0.717, 1.165) is 11.4 Å². The molecule has 0 radical (unpaired) electrons. The van der Waals surface area contributed by atoms with E-state index in [4.69, 9.17) is 11.6 Å². The quantitative estimate of drug-likeness (QED) is 0.828. The van der Waals surface area contributed by atoms with E-state index in [1.54, 1.807) is 0 Å². The Hall–Kier alpha value is -0.530. The van der Waals surface area contributed by atoms with Crippen LogP contribution in [0.25, 0.3) is 0 Å². The largest absolute Gasteiger partial charge is 0.309 e. The number of hydrogen-bond acceptors (Lipinski definition) is 1. The first-order chi connectivity index (χ1) is 6.87. The summed E-state index contributed by atoms with van der Waals surface area (Å²) in [5.74, 6) is 0. The minimum Gasteiger partial charge on any atom is -0.309 e. The molecular formula is C13H20ClN. The van der Waals surface area contributed by atoms with Gasteiger partial charge in [0.2, 0.25) is 0 Å². The minimum absolute atomic E-state index is 0.165. The number of halogens is 1. The molecule has 1 rings (SSSR count). The van der Waals surface area contributed by atoms with E-state index in [0.29, 0.717) is 6.04 Å². The standard InChI is InChI=1S/C13H20ClN/c1-10(15-13(2,3)4)8-11-6-5-7-12(14)9-11/h5-7,9-10,15H,8H2,1-4H3/t10-/m1/s1. The highest BCUT2D eigenvalue weighted by Gasteiger charge is 2.13. The van der Waals surface area contributed by atoms with Crippen LogP contribution in [0.15, 0.2) is 24.3 Å². The van der Waals surface area contributed by atoms with Crippen LogP contribution >= 0.6 is 11.6 Å². The monoisotopic (exact) mass is 225 g/mol. The Bertz CT molecular complexity index is 315. The lowest BCUT2D eigenvalue weighted by Crippen LogP contribution is -2.43. The summed E-state index contributed by atoms with van der Waals surface area (Å²) in [7, 11) is 0. The van der Waals surface area contributed by atoms with Gasteiger partial charge in [-0.2, -0.15) is 0 Å². The molecule has 1 atom stereocenters. The lowest BCUT2D eigenvalue weighted by atomic mass is 10.0. The average molecular weight is 226 g/mol. The molecule has 1 aromatic rings. The lowest BCUT2D eigenvalue weighted by molar-refractivity contribution is 0.371. The van der Waals surface area contributed by atoms with Crippen molar-refractivity contribution in [3.8, 4) is 0 Å². The van der Waals surface area contributed by atoms with Crippen LogP contribution in [0.5, 0.6) is 0 Å². The summed E-state index contributed by atoms with van der Waals surface area (Å²) >= 11 is 5.94. The van der Waals surface area contributed by atoms with E-state index in [1.807, 2.05) is 18.2 Å². The van der Waals surface area contributed by atoms with E-state index in [1.165, 1.54) is 5.56 Å². The zero-order chi connectivity index (χ0) is 11.5. The molecule has 0 unspecified atom stereocenters. The van der Waals surface area contributed by atoms with E-state index in [-0.39, 0.29) is 5.54 Å². The highest BCUT2D eigenvalue weighted by Crippen LogP contribution is 2.13. The number of rotatable bonds is 3. The maximum atomic E-state index is 5.94. The van der Waals surface area contributed by atoms with E-state index in [9.17, 15) is 0 Å².